The van der Waals surface area contributed by atoms with Crippen LogP contribution in [0.5, 0.6) is 5.75 Å². The van der Waals surface area contributed by atoms with Crippen LogP contribution in [0.4, 0.5) is 9.93 Å². The molecule has 4 amide bonds. The summed E-state index contributed by atoms with van der Waals surface area (Å²) in [6.07, 6.45) is 1.46. The lowest BCUT2D eigenvalue weighted by molar-refractivity contribution is -0.178. The minimum atomic E-state index is -5.14. The van der Waals surface area contributed by atoms with Gasteiger partial charge in [0, 0.05) is 30.8 Å². The normalized spacial score (nSPS) is 19.5. The number of nitrogens with one attached hydrogen (secondary N) is 3. The summed E-state index contributed by atoms with van der Waals surface area (Å²) in [7, 11) is -5.14. The fourth-order valence-corrected chi connectivity index (χ4v) is 5.49. The number of amides is 4. The van der Waals surface area contributed by atoms with Gasteiger partial charge in [0.2, 0.25) is 11.0 Å². The van der Waals surface area contributed by atoms with Gasteiger partial charge in [0.1, 0.15) is 11.7 Å². The third-order valence-electron chi connectivity index (χ3n) is 6.54. The first-order chi connectivity index (χ1) is 20.1. The van der Waals surface area contributed by atoms with Crippen LogP contribution in [0, 0.1) is 0 Å². The average molecular weight is 645 g/mol. The number of nitrogens with two attached hydrogens (primary N) is 1. The van der Waals surface area contributed by atoms with Gasteiger partial charge in [-0.3, -0.25) is 18.9 Å². The van der Waals surface area contributed by atoms with E-state index < -0.39 is 81.8 Å². The highest BCUT2D eigenvalue weighted by atomic mass is 32.2. The summed E-state index contributed by atoms with van der Waals surface area (Å²) >= 11 is 0.915. The van der Waals surface area contributed by atoms with E-state index in [1.807, 2.05) is 0 Å². The summed E-state index contributed by atoms with van der Waals surface area (Å²) in [5.41, 5.74) is 2.27. The molecule has 2 aliphatic rings. The van der Waals surface area contributed by atoms with Crippen LogP contribution in [0.1, 0.15) is 30.7 Å². The standard InChI is InChI=1S/C21H24N8O12S2/c22-19-25-10(8-42-19)14(27-41-21(18(34)35)2-1-3-21)16(32)26-15-11(29(17(15)33)43(38,39)40)6-24-20(36)23-5-9-4-12(30)13(31)7-28(9)37/h4,7-8,11,15,31,37H,1-3,5-6H2,(H2,22,25)(H,26,32)(H,34,35)(H2,23,24,36)(H,38,39,40)/t11-,15-/m0/s1. The molecular formula is C21H24N8O12S2. The lowest BCUT2D eigenvalue weighted by Crippen LogP contribution is -2.74. The van der Waals surface area contributed by atoms with E-state index in [-0.39, 0.29) is 33.7 Å². The Morgan fingerprint density at radius 1 is 1.26 bits per heavy atom. The highest BCUT2D eigenvalue weighted by Crippen LogP contribution is 2.36. The van der Waals surface area contributed by atoms with Gasteiger partial charge in [-0.15, -0.1) is 11.3 Å². The molecule has 1 aliphatic heterocycles. The first kappa shape index (κ1) is 31.0. The number of carbonyl (C=O) groups excluding carboxylic acids is 3. The summed E-state index contributed by atoms with van der Waals surface area (Å²) in [6.45, 7) is -1.07. The Labute approximate surface area is 244 Å². The average Bonchev–Trinajstić information content (AvgIpc) is 3.32. The van der Waals surface area contributed by atoms with Gasteiger partial charge in [-0.25, -0.2) is 18.9 Å². The molecule has 20 nitrogen and oxygen atoms in total. The minimum Gasteiger partial charge on any atom is -0.503 e. The Hall–Kier alpha value is -4.96. The molecule has 0 radical (unpaired) electrons. The number of oxime groups is 1. The molecule has 3 heterocycles. The molecule has 0 aromatic carbocycles. The molecule has 1 aliphatic carbocycles. The maximum Gasteiger partial charge on any atom is 0.362 e. The second kappa shape index (κ2) is 11.7. The second-order valence-electron chi connectivity index (χ2n) is 9.31. The third kappa shape index (κ3) is 6.44. The van der Waals surface area contributed by atoms with Crippen molar-refractivity contribution in [3.8, 4) is 5.75 Å². The molecule has 2 atom stereocenters. The van der Waals surface area contributed by atoms with Gasteiger partial charge < -0.3 is 41.9 Å². The number of carbonyl (C=O) groups is 4. The van der Waals surface area contributed by atoms with Crippen molar-refractivity contribution in [1.82, 2.24) is 30.0 Å². The Balaban J connectivity index is 1.47. The number of carboxylic acids is 1. The smallest absolute Gasteiger partial charge is 0.362 e. The zero-order valence-electron chi connectivity index (χ0n) is 21.7. The van der Waals surface area contributed by atoms with E-state index >= 15 is 0 Å². The Bertz CT molecular complexity index is 1670. The molecule has 232 valence electrons. The number of rotatable bonds is 11. The van der Waals surface area contributed by atoms with E-state index in [2.05, 4.69) is 26.1 Å². The van der Waals surface area contributed by atoms with Crippen LogP contribution in [-0.4, -0.2) is 96.2 Å². The van der Waals surface area contributed by atoms with Crippen LogP contribution < -0.4 is 27.1 Å². The lowest BCUT2D eigenvalue weighted by atomic mass is 9.80. The molecule has 2 aromatic rings. The topological polar surface area (TPSA) is 305 Å². The van der Waals surface area contributed by atoms with Gasteiger partial charge in [-0.1, -0.05) is 5.16 Å². The maximum atomic E-state index is 13.2. The largest absolute Gasteiger partial charge is 0.503 e. The van der Waals surface area contributed by atoms with Crippen molar-refractivity contribution < 1.29 is 52.4 Å². The zero-order chi connectivity index (χ0) is 31.7. The maximum absolute atomic E-state index is 13.2. The molecule has 0 bridgehead atoms. The monoisotopic (exact) mass is 644 g/mol. The predicted octanol–water partition coefficient (Wildman–Crippen LogP) is -2.44. The van der Waals surface area contributed by atoms with Gasteiger partial charge in [0.25, 0.3) is 11.8 Å². The predicted molar refractivity (Wildman–Crippen MR) is 142 cm³/mol. The number of aromatic nitrogens is 2. The number of thiazole rings is 1. The number of aromatic hydroxyl groups is 1. The molecule has 1 saturated heterocycles. The SMILES string of the molecule is Nc1nc(C(=NOC2(C(=O)O)CCC2)C(=O)N[C@@H]2C(=O)N(S(=O)(=O)O)[C@H]2CNC(=O)NCc2cc(=O)c(O)cn2O)cs1. The zero-order valence-corrected chi connectivity index (χ0v) is 23.3. The Morgan fingerprint density at radius 2 is 1.95 bits per heavy atom. The van der Waals surface area contributed by atoms with Crippen molar-refractivity contribution in [2.75, 3.05) is 12.3 Å². The molecule has 0 spiro atoms. The van der Waals surface area contributed by atoms with E-state index in [0.717, 1.165) is 17.4 Å². The van der Waals surface area contributed by atoms with Crippen LogP contribution in [0.3, 0.4) is 0 Å². The van der Waals surface area contributed by atoms with Gasteiger partial charge in [-0.2, -0.15) is 13.1 Å². The van der Waals surface area contributed by atoms with E-state index in [9.17, 15) is 52.4 Å². The van der Waals surface area contributed by atoms with E-state index in [0.29, 0.717) is 17.3 Å². The Kier molecular flexibility index (Phi) is 8.45. The summed E-state index contributed by atoms with van der Waals surface area (Å²) in [5.74, 6) is -4.46. The molecule has 4 rings (SSSR count). The summed E-state index contributed by atoms with van der Waals surface area (Å²) in [4.78, 5) is 70.4. The Morgan fingerprint density at radius 3 is 2.51 bits per heavy atom. The highest BCUT2D eigenvalue weighted by Gasteiger charge is 2.54. The minimum absolute atomic E-state index is 0.0166. The molecule has 1 saturated carbocycles. The van der Waals surface area contributed by atoms with Crippen molar-refractivity contribution >= 4 is 56.3 Å². The third-order valence-corrected chi connectivity index (χ3v) is 8.16. The molecule has 0 unspecified atom stereocenters. The lowest BCUT2D eigenvalue weighted by Gasteiger charge is -2.44. The number of urea groups is 1. The van der Waals surface area contributed by atoms with Crippen LogP contribution in [0.2, 0.25) is 0 Å². The first-order valence-electron chi connectivity index (χ1n) is 12.1. The van der Waals surface area contributed by atoms with Crippen LogP contribution in [-0.2, 0) is 36.1 Å². The van der Waals surface area contributed by atoms with Crippen molar-refractivity contribution in [2.45, 2.75) is 43.5 Å². The number of hydrogen-bond donors (Lipinski definition) is 8. The van der Waals surface area contributed by atoms with Gasteiger partial charge in [0.15, 0.2) is 16.6 Å². The number of nitrogen functional groups attached to an aromatic ring is 1. The number of pyridine rings is 1. The van der Waals surface area contributed by atoms with Crippen molar-refractivity contribution in [3.05, 3.63) is 39.3 Å². The number of hydrogen-bond acceptors (Lipinski definition) is 14. The fraction of sp³-hybridized carbons (Fsp3) is 0.381. The number of aliphatic carboxylic acids is 1. The van der Waals surface area contributed by atoms with Crippen LogP contribution >= 0.6 is 11.3 Å². The highest BCUT2D eigenvalue weighted by molar-refractivity contribution is 7.84. The number of anilines is 1. The molecule has 22 heteroatoms. The first-order valence-corrected chi connectivity index (χ1v) is 14.4. The van der Waals surface area contributed by atoms with Crippen molar-refractivity contribution in [2.24, 2.45) is 5.16 Å². The van der Waals surface area contributed by atoms with Crippen LogP contribution in [0.25, 0.3) is 0 Å². The van der Waals surface area contributed by atoms with Crippen LogP contribution in [0.15, 0.2) is 27.6 Å². The fourth-order valence-electron chi connectivity index (χ4n) is 4.06. The molecule has 43 heavy (non-hydrogen) atoms. The van der Waals surface area contributed by atoms with E-state index in [1.165, 1.54) is 5.38 Å². The number of nitrogens with zero attached hydrogens (tertiary/aromatic N) is 4. The molecule has 2 fully saturated rings. The van der Waals surface area contributed by atoms with Crippen molar-refractivity contribution in [3.63, 3.8) is 0 Å². The van der Waals surface area contributed by atoms with Gasteiger partial charge >= 0.3 is 22.3 Å². The van der Waals surface area contributed by atoms with Gasteiger partial charge in [0.05, 0.1) is 24.5 Å². The second-order valence-corrected chi connectivity index (χ2v) is 11.5. The summed E-state index contributed by atoms with van der Waals surface area (Å²) in [5, 5.41) is 40.2. The quantitative estimate of drug-likeness (QED) is 0.0414. The summed E-state index contributed by atoms with van der Waals surface area (Å²) in [6, 6.07) is -3.31. The number of carboxylic acid groups (broad SMARTS) is 1. The molecule has 2 aromatic heterocycles. The molecular weight excluding hydrogens is 620 g/mol. The van der Waals surface area contributed by atoms with E-state index in [4.69, 9.17) is 10.6 Å². The van der Waals surface area contributed by atoms with E-state index in [1.54, 1.807) is 0 Å². The van der Waals surface area contributed by atoms with Gasteiger partial charge in [-0.05, 0) is 6.42 Å². The van der Waals surface area contributed by atoms with Crippen molar-refractivity contribution in [1.29, 1.82) is 0 Å². The number of β-lactam (4-membered cyclic amide) rings is 1. The summed E-state index contributed by atoms with van der Waals surface area (Å²) < 4.78 is 33.5. The molecule has 9 N–H and O–H groups in total.